The highest BCUT2D eigenvalue weighted by atomic mass is 35.5. The fourth-order valence-corrected chi connectivity index (χ4v) is 2.46. The number of methoxy groups -OCH3 is 1. The molecule has 0 heterocycles. The van der Waals surface area contributed by atoms with Gasteiger partial charge in [0.2, 0.25) is 0 Å². The molecule has 2 aromatic carbocycles. The molecule has 3 N–H and O–H groups in total. The molecule has 0 aliphatic carbocycles. The SMILES string of the molecule is COc1cc(C=NNC(N)=S)cc(Cl)c1OCCOc1cccc(C)c1. The molecule has 2 rings (SSSR count). The number of nitrogens with one attached hydrogen (secondary N) is 1. The van der Waals surface area contributed by atoms with Crippen molar-refractivity contribution in [3.63, 3.8) is 0 Å². The molecule has 26 heavy (non-hydrogen) atoms. The number of nitrogens with zero attached hydrogens (tertiary/aromatic N) is 1. The number of hydrogen-bond acceptors (Lipinski definition) is 5. The van der Waals surface area contributed by atoms with Crippen LogP contribution in [0.1, 0.15) is 11.1 Å². The quantitative estimate of drug-likeness (QED) is 0.310. The van der Waals surface area contributed by atoms with Crippen molar-refractivity contribution in [2.45, 2.75) is 6.92 Å². The van der Waals surface area contributed by atoms with E-state index in [-0.39, 0.29) is 5.11 Å². The minimum Gasteiger partial charge on any atom is -0.493 e. The van der Waals surface area contributed by atoms with Crippen molar-refractivity contribution >= 4 is 35.1 Å². The number of aryl methyl sites for hydroxylation is 1. The summed E-state index contributed by atoms with van der Waals surface area (Å²) in [4.78, 5) is 0. The molecular weight excluding hydrogens is 374 g/mol. The predicted octanol–water partition coefficient (Wildman–Crippen LogP) is 3.28. The zero-order chi connectivity index (χ0) is 18.9. The maximum Gasteiger partial charge on any atom is 0.184 e. The first-order chi connectivity index (χ1) is 12.5. The summed E-state index contributed by atoms with van der Waals surface area (Å²) in [5.41, 5.74) is 9.62. The standard InChI is InChI=1S/C18H20ClN3O3S/c1-12-4-3-5-14(8-12)24-6-7-25-17-15(19)9-13(10-16(17)23-2)11-21-22-18(20)26/h3-5,8-11H,6-7H2,1-2H3,(H3,20,22,26). The predicted molar refractivity (Wildman–Crippen MR) is 108 cm³/mol. The summed E-state index contributed by atoms with van der Waals surface area (Å²) in [6.07, 6.45) is 1.53. The molecule has 138 valence electrons. The third-order valence-electron chi connectivity index (χ3n) is 3.23. The van der Waals surface area contributed by atoms with Crippen LogP contribution < -0.4 is 25.4 Å². The number of ether oxygens (including phenoxy) is 3. The van der Waals surface area contributed by atoms with E-state index in [1.165, 1.54) is 13.3 Å². The largest absolute Gasteiger partial charge is 0.493 e. The van der Waals surface area contributed by atoms with Crippen molar-refractivity contribution in [2.75, 3.05) is 20.3 Å². The first kappa shape index (κ1) is 19.8. The van der Waals surface area contributed by atoms with Crippen LogP contribution in [0.25, 0.3) is 0 Å². The van der Waals surface area contributed by atoms with Gasteiger partial charge in [-0.2, -0.15) is 5.10 Å². The smallest absolute Gasteiger partial charge is 0.184 e. The van der Waals surface area contributed by atoms with Gasteiger partial charge in [-0.25, -0.2) is 0 Å². The molecular formula is C18H20ClN3O3S. The van der Waals surface area contributed by atoms with Crippen molar-refractivity contribution < 1.29 is 14.2 Å². The molecule has 8 heteroatoms. The van der Waals surface area contributed by atoms with Crippen LogP contribution in [0, 0.1) is 6.92 Å². The summed E-state index contributed by atoms with van der Waals surface area (Å²) in [5, 5.41) is 4.36. The van der Waals surface area contributed by atoms with Gasteiger partial charge in [0.25, 0.3) is 0 Å². The number of nitrogens with two attached hydrogens (primary N) is 1. The van der Waals surface area contributed by atoms with Crippen molar-refractivity contribution in [1.29, 1.82) is 0 Å². The molecule has 6 nitrogen and oxygen atoms in total. The Bertz CT molecular complexity index is 799. The molecule has 0 spiro atoms. The molecule has 0 bridgehead atoms. The van der Waals surface area contributed by atoms with E-state index in [0.29, 0.717) is 35.3 Å². The fourth-order valence-electron chi connectivity index (χ4n) is 2.13. The summed E-state index contributed by atoms with van der Waals surface area (Å²) in [5.74, 6) is 1.73. The Balaban J connectivity index is 1.97. The molecule has 0 aromatic heterocycles. The van der Waals surface area contributed by atoms with Gasteiger partial charge in [-0.15, -0.1) is 0 Å². The highest BCUT2D eigenvalue weighted by Gasteiger charge is 2.11. The summed E-state index contributed by atoms with van der Waals surface area (Å²) >= 11 is 11.0. The maximum absolute atomic E-state index is 6.29. The van der Waals surface area contributed by atoms with Crippen molar-refractivity contribution in [3.8, 4) is 17.2 Å². The van der Waals surface area contributed by atoms with Gasteiger partial charge in [0, 0.05) is 0 Å². The van der Waals surface area contributed by atoms with Gasteiger partial charge < -0.3 is 19.9 Å². The van der Waals surface area contributed by atoms with Crippen LogP contribution in [0.4, 0.5) is 0 Å². The van der Waals surface area contributed by atoms with Crippen molar-refractivity contribution in [2.24, 2.45) is 10.8 Å². The first-order valence-corrected chi connectivity index (χ1v) is 8.56. The second kappa shape index (κ2) is 9.84. The van der Waals surface area contributed by atoms with Crippen LogP contribution in [0.3, 0.4) is 0 Å². The average molecular weight is 394 g/mol. The summed E-state index contributed by atoms with van der Waals surface area (Å²) < 4.78 is 16.7. The monoisotopic (exact) mass is 393 g/mol. The van der Waals surface area contributed by atoms with Gasteiger partial charge in [-0.3, -0.25) is 5.43 Å². The number of hydrazone groups is 1. The topological polar surface area (TPSA) is 78.1 Å². The van der Waals surface area contributed by atoms with E-state index in [1.807, 2.05) is 31.2 Å². The lowest BCUT2D eigenvalue weighted by Gasteiger charge is -2.14. The van der Waals surface area contributed by atoms with Gasteiger partial charge in [0.1, 0.15) is 19.0 Å². The van der Waals surface area contributed by atoms with Crippen molar-refractivity contribution in [1.82, 2.24) is 5.43 Å². The first-order valence-electron chi connectivity index (χ1n) is 7.78. The summed E-state index contributed by atoms with van der Waals surface area (Å²) in [7, 11) is 1.54. The second-order valence-electron chi connectivity index (χ2n) is 5.28. The van der Waals surface area contributed by atoms with Gasteiger partial charge in [-0.1, -0.05) is 23.7 Å². The van der Waals surface area contributed by atoms with Crippen LogP contribution in [-0.2, 0) is 0 Å². The second-order valence-corrected chi connectivity index (χ2v) is 6.13. The number of benzene rings is 2. The number of halogens is 1. The molecule has 0 fully saturated rings. The fraction of sp³-hybridized carbons (Fsp3) is 0.222. The molecule has 0 saturated heterocycles. The Morgan fingerprint density at radius 3 is 2.73 bits per heavy atom. The van der Waals surface area contributed by atoms with E-state index in [2.05, 4.69) is 22.7 Å². The minimum atomic E-state index is 0.0767. The number of rotatable bonds is 8. The van der Waals surface area contributed by atoms with E-state index in [0.717, 1.165) is 11.3 Å². The zero-order valence-corrected chi connectivity index (χ0v) is 16.1. The molecule has 0 saturated carbocycles. The Morgan fingerprint density at radius 2 is 2.04 bits per heavy atom. The lowest BCUT2D eigenvalue weighted by Crippen LogP contribution is -2.23. The summed E-state index contributed by atoms with van der Waals surface area (Å²) in [6, 6.07) is 11.3. The summed E-state index contributed by atoms with van der Waals surface area (Å²) in [6.45, 7) is 2.71. The third-order valence-corrected chi connectivity index (χ3v) is 3.60. The molecule has 0 aliphatic heterocycles. The lowest BCUT2D eigenvalue weighted by atomic mass is 10.2. The molecule has 0 radical (unpaired) electrons. The molecule has 0 amide bonds. The van der Waals surface area contributed by atoms with Crippen LogP contribution in [0.15, 0.2) is 41.5 Å². The van der Waals surface area contributed by atoms with E-state index < -0.39 is 0 Å². The van der Waals surface area contributed by atoms with Crippen LogP contribution in [0.5, 0.6) is 17.2 Å². The third kappa shape index (κ3) is 6.09. The zero-order valence-electron chi connectivity index (χ0n) is 14.5. The Kier molecular flexibility index (Phi) is 7.50. The van der Waals surface area contributed by atoms with Gasteiger partial charge in [0.15, 0.2) is 16.6 Å². The van der Waals surface area contributed by atoms with E-state index in [1.54, 1.807) is 12.1 Å². The van der Waals surface area contributed by atoms with Crippen molar-refractivity contribution in [3.05, 3.63) is 52.5 Å². The van der Waals surface area contributed by atoms with Crippen LogP contribution in [0.2, 0.25) is 5.02 Å². The van der Waals surface area contributed by atoms with Gasteiger partial charge in [-0.05, 0) is 54.5 Å². The van der Waals surface area contributed by atoms with E-state index in [4.69, 9.17) is 31.5 Å². The maximum atomic E-state index is 6.29. The molecule has 0 unspecified atom stereocenters. The molecule has 0 aliphatic rings. The van der Waals surface area contributed by atoms with E-state index in [9.17, 15) is 0 Å². The minimum absolute atomic E-state index is 0.0767. The Morgan fingerprint density at radius 1 is 1.27 bits per heavy atom. The highest BCUT2D eigenvalue weighted by molar-refractivity contribution is 7.80. The molecule has 2 aromatic rings. The van der Waals surface area contributed by atoms with Crippen LogP contribution >= 0.6 is 23.8 Å². The Labute approximate surface area is 162 Å². The highest BCUT2D eigenvalue weighted by Crippen LogP contribution is 2.36. The van der Waals surface area contributed by atoms with Crippen LogP contribution in [-0.4, -0.2) is 31.7 Å². The van der Waals surface area contributed by atoms with Gasteiger partial charge in [0.05, 0.1) is 18.3 Å². The normalized spacial score (nSPS) is 10.6. The Hall–Kier alpha value is -2.51. The van der Waals surface area contributed by atoms with Gasteiger partial charge >= 0.3 is 0 Å². The average Bonchev–Trinajstić information content (AvgIpc) is 2.59. The molecule has 0 atom stereocenters. The van der Waals surface area contributed by atoms with E-state index >= 15 is 0 Å². The number of hydrogen-bond donors (Lipinski definition) is 2. The number of thiocarbonyl (C=S) groups is 1. The lowest BCUT2D eigenvalue weighted by molar-refractivity contribution is 0.211.